The molecule has 2 heterocycles. The molecule has 0 saturated heterocycles. The quantitative estimate of drug-likeness (QED) is 0.560. The summed E-state index contributed by atoms with van der Waals surface area (Å²) in [6, 6.07) is 13.5. The van der Waals surface area contributed by atoms with Gasteiger partial charge in [-0.2, -0.15) is 5.21 Å². The molecule has 0 fully saturated rings. The zero-order chi connectivity index (χ0) is 17.2. The zero-order valence-corrected chi connectivity index (χ0v) is 13.5. The number of tetrazole rings is 1. The number of rotatable bonds is 4. The van der Waals surface area contributed by atoms with Gasteiger partial charge in [0.2, 0.25) is 5.82 Å². The number of nitrogens with one attached hydrogen (secondary N) is 2. The first-order chi connectivity index (χ1) is 12.2. The van der Waals surface area contributed by atoms with E-state index < -0.39 is 0 Å². The lowest BCUT2D eigenvalue weighted by Gasteiger charge is -2.03. The van der Waals surface area contributed by atoms with Crippen molar-refractivity contribution >= 4 is 16.9 Å². The van der Waals surface area contributed by atoms with E-state index in [0.717, 1.165) is 34.0 Å². The molecule has 7 heteroatoms. The summed E-state index contributed by atoms with van der Waals surface area (Å²) in [5.74, 6) is 0.236. The largest absolute Gasteiger partial charge is 0.465 e. The number of hydrogen-bond acceptors (Lipinski definition) is 5. The minimum atomic E-state index is -0.335. The van der Waals surface area contributed by atoms with E-state index >= 15 is 0 Å². The fraction of sp³-hybridized carbons (Fsp3) is 0.111. The molecule has 0 aliphatic carbocycles. The Morgan fingerprint density at radius 2 is 2.00 bits per heavy atom. The monoisotopic (exact) mass is 333 g/mol. The van der Waals surface area contributed by atoms with Crippen LogP contribution in [-0.2, 0) is 11.2 Å². The van der Waals surface area contributed by atoms with Crippen molar-refractivity contribution in [1.29, 1.82) is 0 Å². The number of nitrogens with zero attached hydrogens (tertiary/aromatic N) is 3. The number of benzene rings is 2. The zero-order valence-electron chi connectivity index (χ0n) is 13.5. The van der Waals surface area contributed by atoms with E-state index in [1.165, 1.54) is 7.11 Å². The molecule has 0 unspecified atom stereocenters. The number of ether oxygens (including phenoxy) is 1. The van der Waals surface area contributed by atoms with Crippen LogP contribution >= 0.6 is 0 Å². The van der Waals surface area contributed by atoms with Crippen molar-refractivity contribution in [2.45, 2.75) is 6.42 Å². The highest BCUT2D eigenvalue weighted by atomic mass is 16.5. The van der Waals surface area contributed by atoms with Gasteiger partial charge in [-0.05, 0) is 41.0 Å². The van der Waals surface area contributed by atoms with Crippen LogP contribution in [0.15, 0.2) is 48.7 Å². The molecule has 0 spiro atoms. The molecule has 0 radical (unpaired) electrons. The van der Waals surface area contributed by atoms with E-state index in [2.05, 4.69) is 25.6 Å². The minimum Gasteiger partial charge on any atom is -0.465 e. The van der Waals surface area contributed by atoms with Gasteiger partial charge in [-0.1, -0.05) is 24.3 Å². The molecule has 0 saturated carbocycles. The lowest BCUT2D eigenvalue weighted by molar-refractivity contribution is 0.0601. The summed E-state index contributed by atoms with van der Waals surface area (Å²) in [6.07, 6.45) is 2.72. The van der Waals surface area contributed by atoms with Crippen LogP contribution < -0.4 is 0 Å². The van der Waals surface area contributed by atoms with Crippen LogP contribution in [0.4, 0.5) is 0 Å². The average Bonchev–Trinajstić information content (AvgIpc) is 3.32. The van der Waals surface area contributed by atoms with Crippen molar-refractivity contribution in [3.05, 3.63) is 65.4 Å². The number of hydrogen-bond donors (Lipinski definition) is 2. The molecule has 7 nitrogen and oxygen atoms in total. The van der Waals surface area contributed by atoms with Gasteiger partial charge in [-0.3, -0.25) is 0 Å². The molecular formula is C18H15N5O2. The maximum Gasteiger partial charge on any atom is 0.337 e. The van der Waals surface area contributed by atoms with E-state index in [1.54, 1.807) is 6.07 Å². The van der Waals surface area contributed by atoms with Gasteiger partial charge in [0.05, 0.1) is 12.7 Å². The Kier molecular flexibility index (Phi) is 3.74. The maximum atomic E-state index is 11.7. The Balaban J connectivity index is 1.63. The predicted octanol–water partition coefficient (Wildman–Crippen LogP) is 2.73. The second-order valence-electron chi connectivity index (χ2n) is 5.67. The summed E-state index contributed by atoms with van der Waals surface area (Å²) in [4.78, 5) is 15.0. The third kappa shape index (κ3) is 2.87. The number of carbonyl (C=O) groups is 1. The fourth-order valence-corrected chi connectivity index (χ4v) is 2.85. The van der Waals surface area contributed by atoms with Gasteiger partial charge in [-0.15, -0.1) is 10.2 Å². The van der Waals surface area contributed by atoms with Crippen molar-refractivity contribution < 1.29 is 9.53 Å². The molecule has 0 atom stereocenters. The minimum absolute atomic E-state index is 0.335. The van der Waals surface area contributed by atoms with E-state index in [-0.39, 0.29) is 5.97 Å². The summed E-state index contributed by atoms with van der Waals surface area (Å²) in [5.41, 5.74) is 4.71. The van der Waals surface area contributed by atoms with Gasteiger partial charge in [0.15, 0.2) is 0 Å². The average molecular weight is 333 g/mol. The second kappa shape index (κ2) is 6.20. The van der Waals surface area contributed by atoms with Crippen molar-refractivity contribution in [3.8, 4) is 11.4 Å². The number of esters is 1. The molecule has 25 heavy (non-hydrogen) atoms. The molecule has 0 bridgehead atoms. The van der Waals surface area contributed by atoms with E-state index in [1.807, 2.05) is 42.6 Å². The van der Waals surface area contributed by atoms with Gasteiger partial charge in [-0.25, -0.2) is 4.79 Å². The number of aromatic nitrogens is 5. The van der Waals surface area contributed by atoms with Crippen LogP contribution in [0.2, 0.25) is 0 Å². The SMILES string of the molecule is COC(=O)c1ccc2[nH]cc(Cc3ccc(-c4nn[nH]n4)cc3)c2c1. The summed E-state index contributed by atoms with van der Waals surface area (Å²) >= 11 is 0. The summed E-state index contributed by atoms with van der Waals surface area (Å²) < 4.78 is 4.80. The van der Waals surface area contributed by atoms with Crippen molar-refractivity contribution in [3.63, 3.8) is 0 Å². The van der Waals surface area contributed by atoms with Crippen molar-refractivity contribution in [2.24, 2.45) is 0 Å². The maximum absolute atomic E-state index is 11.7. The molecular weight excluding hydrogens is 318 g/mol. The predicted molar refractivity (Wildman–Crippen MR) is 92.1 cm³/mol. The fourth-order valence-electron chi connectivity index (χ4n) is 2.85. The molecule has 2 aromatic carbocycles. The second-order valence-corrected chi connectivity index (χ2v) is 5.67. The first kappa shape index (κ1) is 15.1. The number of H-pyrrole nitrogens is 2. The van der Waals surface area contributed by atoms with Crippen LogP contribution in [0.25, 0.3) is 22.3 Å². The standard InChI is InChI=1S/C18H15N5O2/c1-25-18(24)13-6-7-16-15(9-13)14(10-19-16)8-11-2-4-12(5-3-11)17-20-22-23-21-17/h2-7,9-10,19H,8H2,1H3,(H,20,21,22,23). The van der Waals surface area contributed by atoms with Crippen LogP contribution in [0, 0.1) is 0 Å². The molecule has 0 aliphatic rings. The highest BCUT2D eigenvalue weighted by Gasteiger charge is 2.10. The number of fused-ring (bicyclic) bond motifs is 1. The number of carbonyl (C=O) groups excluding carboxylic acids is 1. The molecule has 2 aromatic heterocycles. The van der Waals surface area contributed by atoms with E-state index in [9.17, 15) is 4.79 Å². The Morgan fingerprint density at radius 3 is 2.72 bits per heavy atom. The van der Waals surface area contributed by atoms with Gasteiger partial charge in [0.25, 0.3) is 0 Å². The molecule has 2 N–H and O–H groups in total. The number of methoxy groups -OCH3 is 1. The van der Waals surface area contributed by atoms with Crippen LogP contribution in [0.3, 0.4) is 0 Å². The van der Waals surface area contributed by atoms with Gasteiger partial charge >= 0.3 is 5.97 Å². The summed E-state index contributed by atoms with van der Waals surface area (Å²) in [6.45, 7) is 0. The number of aromatic amines is 2. The summed E-state index contributed by atoms with van der Waals surface area (Å²) in [5, 5.41) is 15.0. The van der Waals surface area contributed by atoms with Crippen molar-refractivity contribution in [1.82, 2.24) is 25.6 Å². The van der Waals surface area contributed by atoms with E-state index in [0.29, 0.717) is 11.4 Å². The first-order valence-electron chi connectivity index (χ1n) is 7.75. The smallest absolute Gasteiger partial charge is 0.337 e. The molecule has 4 rings (SSSR count). The van der Waals surface area contributed by atoms with Crippen LogP contribution in [0.1, 0.15) is 21.5 Å². The highest BCUT2D eigenvalue weighted by molar-refractivity contribution is 5.95. The third-order valence-electron chi connectivity index (χ3n) is 4.14. The Morgan fingerprint density at radius 1 is 1.16 bits per heavy atom. The lowest BCUT2D eigenvalue weighted by atomic mass is 10.0. The molecule has 4 aromatic rings. The van der Waals surface area contributed by atoms with Crippen LogP contribution in [-0.4, -0.2) is 38.7 Å². The molecule has 124 valence electrons. The molecule has 0 amide bonds. The Labute approximate surface area is 143 Å². The van der Waals surface area contributed by atoms with Gasteiger partial charge in [0.1, 0.15) is 0 Å². The van der Waals surface area contributed by atoms with E-state index in [4.69, 9.17) is 4.74 Å². The first-order valence-corrected chi connectivity index (χ1v) is 7.75. The normalized spacial score (nSPS) is 10.9. The summed E-state index contributed by atoms with van der Waals surface area (Å²) in [7, 11) is 1.38. The third-order valence-corrected chi connectivity index (χ3v) is 4.14. The van der Waals surface area contributed by atoms with Crippen molar-refractivity contribution in [2.75, 3.05) is 7.11 Å². The van der Waals surface area contributed by atoms with Crippen LogP contribution in [0.5, 0.6) is 0 Å². The van der Waals surface area contributed by atoms with Gasteiger partial charge in [0, 0.05) is 22.7 Å². The van der Waals surface area contributed by atoms with Gasteiger partial charge < -0.3 is 9.72 Å². The lowest BCUT2D eigenvalue weighted by Crippen LogP contribution is -2.00. The highest BCUT2D eigenvalue weighted by Crippen LogP contribution is 2.24. The Bertz CT molecular complexity index is 1020. The topological polar surface area (TPSA) is 96.5 Å². The molecule has 0 aliphatic heterocycles. The Hall–Kier alpha value is -3.48.